The molecule has 3 nitrogen and oxygen atoms in total. The molecule has 0 unspecified atom stereocenters. The molecule has 0 N–H and O–H groups in total. The van der Waals surface area contributed by atoms with Gasteiger partial charge in [0.15, 0.2) is 0 Å². The monoisotopic (exact) mass is 425 g/mol. The third kappa shape index (κ3) is 1.61. The summed E-state index contributed by atoms with van der Waals surface area (Å²) in [7, 11) is 0. The van der Waals surface area contributed by atoms with Gasteiger partial charge in [-0.15, -0.1) is 29.4 Å². The summed E-state index contributed by atoms with van der Waals surface area (Å²) in [4.78, 5) is 0. The minimum Gasteiger partial charge on any atom is -0.320 e. The fraction of sp³-hybridized carbons (Fsp3) is 0.0667. The topological polar surface area (TPSA) is 30.2 Å². The van der Waals surface area contributed by atoms with Crippen LogP contribution in [0.4, 0.5) is 0 Å². The van der Waals surface area contributed by atoms with E-state index >= 15 is 0 Å². The molecule has 0 saturated heterocycles. The van der Waals surface area contributed by atoms with Crippen molar-refractivity contribution in [2.45, 2.75) is 6.92 Å². The van der Waals surface area contributed by atoms with E-state index in [0.29, 0.717) is 0 Å². The van der Waals surface area contributed by atoms with Crippen molar-refractivity contribution in [1.29, 1.82) is 0 Å². The van der Waals surface area contributed by atoms with Crippen molar-refractivity contribution in [3.63, 3.8) is 0 Å². The van der Waals surface area contributed by atoms with Crippen LogP contribution in [0.3, 0.4) is 0 Å². The maximum atomic E-state index is 4.28. The number of hydrogen-bond donors (Lipinski definition) is 0. The summed E-state index contributed by atoms with van der Waals surface area (Å²) in [5.74, 6) is 0.903. The first-order valence-electron chi connectivity index (χ1n) is 5.89. The third-order valence-electron chi connectivity index (χ3n) is 3.34. The van der Waals surface area contributed by atoms with Gasteiger partial charge in [0.05, 0.1) is 5.65 Å². The Morgan fingerprint density at radius 1 is 1.00 bits per heavy atom. The van der Waals surface area contributed by atoms with E-state index in [1.54, 1.807) is 0 Å². The van der Waals surface area contributed by atoms with Crippen LogP contribution in [0.2, 0.25) is 0 Å². The Morgan fingerprint density at radius 3 is 2.68 bits per heavy atom. The molecule has 0 spiro atoms. The van der Waals surface area contributed by atoms with Crippen molar-refractivity contribution >= 4 is 27.3 Å². The van der Waals surface area contributed by atoms with Crippen LogP contribution in [-0.4, -0.2) is 14.6 Å². The van der Waals surface area contributed by atoms with Gasteiger partial charge in [-0.05, 0) is 18.4 Å². The molecule has 19 heavy (non-hydrogen) atoms. The first-order chi connectivity index (χ1) is 8.86. The van der Waals surface area contributed by atoms with Crippen LogP contribution in [0.5, 0.6) is 0 Å². The molecule has 0 amide bonds. The maximum absolute atomic E-state index is 4.28. The van der Waals surface area contributed by atoms with Crippen molar-refractivity contribution in [2.75, 3.05) is 0 Å². The predicted molar refractivity (Wildman–Crippen MR) is 71.6 cm³/mol. The molecule has 95 valence electrons. The second kappa shape index (κ2) is 4.41. The molecule has 4 aromatic rings. The van der Waals surface area contributed by atoms with Crippen LogP contribution >= 0.6 is 0 Å². The van der Waals surface area contributed by atoms with Gasteiger partial charge in [0.25, 0.3) is 0 Å². The van der Waals surface area contributed by atoms with E-state index in [1.807, 2.05) is 25.1 Å². The Morgan fingerprint density at radius 2 is 1.79 bits per heavy atom. The molecule has 4 heteroatoms. The van der Waals surface area contributed by atoms with E-state index < -0.39 is 0 Å². The molecule has 0 aliphatic rings. The fourth-order valence-corrected chi connectivity index (χ4v) is 2.56. The quantitative estimate of drug-likeness (QED) is 0.321. The van der Waals surface area contributed by atoms with Crippen molar-refractivity contribution in [1.82, 2.24) is 14.6 Å². The van der Waals surface area contributed by atoms with Gasteiger partial charge in [-0.2, -0.15) is 5.10 Å². The summed E-state index contributed by atoms with van der Waals surface area (Å²) in [6, 6.07) is 17.6. The first-order valence-corrected chi connectivity index (χ1v) is 5.89. The van der Waals surface area contributed by atoms with Gasteiger partial charge in [-0.3, -0.25) is 0 Å². The van der Waals surface area contributed by atoms with Gasteiger partial charge in [0.2, 0.25) is 0 Å². The van der Waals surface area contributed by atoms with Crippen molar-refractivity contribution in [3.8, 4) is 0 Å². The van der Waals surface area contributed by atoms with E-state index in [2.05, 4.69) is 44.9 Å². The Bertz CT molecular complexity index is 896. The van der Waals surface area contributed by atoms with Gasteiger partial charge < -0.3 is 4.40 Å². The van der Waals surface area contributed by atoms with Crippen molar-refractivity contribution < 1.29 is 20.1 Å². The second-order valence-corrected chi connectivity index (χ2v) is 4.38. The molecule has 1 radical (unpaired) electrons. The molecular weight excluding hydrogens is 414 g/mol. The number of aryl methyl sites for hydroxylation is 1. The second-order valence-electron chi connectivity index (χ2n) is 4.38. The number of fused-ring (bicyclic) bond motifs is 6. The van der Waals surface area contributed by atoms with Crippen LogP contribution in [0.1, 0.15) is 5.82 Å². The van der Waals surface area contributed by atoms with E-state index in [1.165, 1.54) is 10.8 Å². The normalized spacial score (nSPS) is 11.0. The molecule has 0 fully saturated rings. The third-order valence-corrected chi connectivity index (χ3v) is 3.34. The first kappa shape index (κ1) is 12.3. The Labute approximate surface area is 123 Å². The zero-order chi connectivity index (χ0) is 12.1. The van der Waals surface area contributed by atoms with Crippen LogP contribution in [0, 0.1) is 13.0 Å². The minimum atomic E-state index is 0. The Kier molecular flexibility index (Phi) is 2.85. The molecule has 0 atom stereocenters. The number of rotatable bonds is 0. The Balaban J connectivity index is 0.00000110. The van der Waals surface area contributed by atoms with E-state index in [4.69, 9.17) is 0 Å². The number of pyridine rings is 1. The van der Waals surface area contributed by atoms with Crippen molar-refractivity contribution in [2.24, 2.45) is 0 Å². The summed E-state index contributed by atoms with van der Waals surface area (Å²) in [5, 5.41) is 11.9. The zero-order valence-electron chi connectivity index (χ0n) is 10.2. The van der Waals surface area contributed by atoms with Crippen LogP contribution in [0.25, 0.3) is 27.3 Å². The molecule has 0 aliphatic heterocycles. The zero-order valence-corrected chi connectivity index (χ0v) is 12.6. The number of nitrogens with zero attached hydrogens (tertiary/aromatic N) is 3. The minimum absolute atomic E-state index is 0. The molecule has 2 heterocycles. The van der Waals surface area contributed by atoms with E-state index in [-0.39, 0.29) is 20.1 Å². The summed E-state index contributed by atoms with van der Waals surface area (Å²) in [6.07, 6.45) is 0. The van der Waals surface area contributed by atoms with E-state index in [0.717, 1.165) is 22.4 Å². The van der Waals surface area contributed by atoms with Crippen LogP contribution < -0.4 is 0 Å². The summed E-state index contributed by atoms with van der Waals surface area (Å²) >= 11 is 0. The van der Waals surface area contributed by atoms with Gasteiger partial charge in [0, 0.05) is 25.6 Å². The smallest absolute Gasteiger partial charge is 0.125 e. The van der Waals surface area contributed by atoms with Gasteiger partial charge >= 0.3 is 0 Å². The maximum Gasteiger partial charge on any atom is 0.125 e. The number of para-hydroxylation sites is 1. The fourth-order valence-electron chi connectivity index (χ4n) is 2.56. The summed E-state index contributed by atoms with van der Waals surface area (Å²) in [5.41, 5.74) is 2.02. The van der Waals surface area contributed by atoms with Crippen LogP contribution in [-0.2, 0) is 20.1 Å². The Hall–Kier alpha value is -1.77. The molecular formula is C15H10IrN3-. The molecule has 0 saturated carbocycles. The predicted octanol–water partition coefficient (Wildman–Crippen LogP) is 3.14. The molecule has 2 aromatic heterocycles. The molecule has 0 aliphatic carbocycles. The molecule has 2 aromatic carbocycles. The average molecular weight is 424 g/mol. The molecule has 4 rings (SSSR count). The number of hydrogen-bond acceptors (Lipinski definition) is 2. The van der Waals surface area contributed by atoms with Gasteiger partial charge in [-0.25, -0.2) is 0 Å². The summed E-state index contributed by atoms with van der Waals surface area (Å²) in [6.45, 7) is 1.97. The standard InChI is InChI=1S/C15H10N3.Ir/c1-10-16-17-15-13-8-3-2-6-11(13)12-7-4-5-9-14(12)18(10)15;/h2-7,9H,1H3;/q-1;. The number of aromatic nitrogens is 3. The summed E-state index contributed by atoms with van der Waals surface area (Å²) < 4.78 is 2.09. The van der Waals surface area contributed by atoms with Crippen molar-refractivity contribution in [3.05, 3.63) is 54.4 Å². The SMILES string of the molecule is Cc1nnc2c3[c-]cccc3c3ccccc3n12.[Ir]. The van der Waals surface area contributed by atoms with Gasteiger partial charge in [-0.1, -0.05) is 29.0 Å². The van der Waals surface area contributed by atoms with E-state index in [9.17, 15) is 0 Å². The average Bonchev–Trinajstić information content (AvgIpc) is 2.82. The molecule has 0 bridgehead atoms. The van der Waals surface area contributed by atoms with Crippen LogP contribution in [0.15, 0.2) is 42.5 Å². The van der Waals surface area contributed by atoms with Gasteiger partial charge in [0.1, 0.15) is 5.82 Å². The largest absolute Gasteiger partial charge is 0.320 e. The number of benzene rings is 2.